The number of rotatable bonds is 8. The molecule has 4 rings (SSSR count). The Labute approximate surface area is 216 Å². The van der Waals surface area contributed by atoms with Gasteiger partial charge in [-0.05, 0) is 67.8 Å². The van der Waals surface area contributed by atoms with Crippen molar-refractivity contribution in [1.29, 1.82) is 5.26 Å². The number of ether oxygens (including phenoxy) is 1. The molecule has 7 nitrogen and oxygen atoms in total. The van der Waals surface area contributed by atoms with Crippen molar-refractivity contribution in [1.82, 2.24) is 14.7 Å². The van der Waals surface area contributed by atoms with E-state index in [2.05, 4.69) is 6.58 Å². The summed E-state index contributed by atoms with van der Waals surface area (Å²) in [6, 6.07) is 17.4. The molecular weight excluding hydrogens is 464 g/mol. The van der Waals surface area contributed by atoms with Gasteiger partial charge < -0.3 is 4.74 Å². The van der Waals surface area contributed by atoms with Crippen molar-refractivity contribution in [2.24, 2.45) is 0 Å². The molecule has 186 valence electrons. The Morgan fingerprint density at radius 1 is 1.11 bits per heavy atom. The highest BCUT2D eigenvalue weighted by atomic mass is 16.5. The first-order valence-electron chi connectivity index (χ1n) is 12.1. The number of aryl methyl sites for hydroxylation is 1. The van der Waals surface area contributed by atoms with Crippen molar-refractivity contribution < 1.29 is 14.3 Å². The number of carbonyl (C=O) groups excluding carboxylic acids is 2. The maximum atomic E-state index is 13.4. The number of hydrogen-bond donors (Lipinski definition) is 0. The molecule has 0 unspecified atom stereocenters. The van der Waals surface area contributed by atoms with Crippen LogP contribution in [-0.2, 0) is 9.59 Å². The first-order valence-corrected chi connectivity index (χ1v) is 12.1. The summed E-state index contributed by atoms with van der Waals surface area (Å²) < 4.78 is 7.44. The Bertz CT molecular complexity index is 1470. The number of aromatic nitrogens is 2. The van der Waals surface area contributed by atoms with Crippen LogP contribution < -0.4 is 4.74 Å². The van der Waals surface area contributed by atoms with E-state index in [9.17, 15) is 14.9 Å². The van der Waals surface area contributed by atoms with Crippen LogP contribution in [0, 0.1) is 18.3 Å². The quantitative estimate of drug-likeness (QED) is 0.238. The van der Waals surface area contributed by atoms with Gasteiger partial charge in [-0.25, -0.2) is 4.68 Å². The first-order chi connectivity index (χ1) is 17.9. The standard InChI is InChI=1S/C30H28N4O3/c1-5-14-33-29(35)26(21(4)27(18-31)30(33)36)17-22-19-34(23-10-8-7-9-11-23)32-28(22)25-13-12-24(16-20(25)3)37-15-6-2/h6-13,16-17,19H,2,5,14-15H2,1,3-4H3/b26-17+. The Morgan fingerprint density at radius 2 is 1.86 bits per heavy atom. The molecule has 0 saturated carbocycles. The topological polar surface area (TPSA) is 88.2 Å². The Balaban J connectivity index is 1.90. The molecular formula is C30H28N4O3. The molecule has 2 aromatic carbocycles. The van der Waals surface area contributed by atoms with Crippen molar-refractivity contribution in [2.75, 3.05) is 13.2 Å². The summed E-state index contributed by atoms with van der Waals surface area (Å²) in [6.45, 7) is 9.83. The summed E-state index contributed by atoms with van der Waals surface area (Å²) in [7, 11) is 0. The van der Waals surface area contributed by atoms with Gasteiger partial charge in [0.15, 0.2) is 0 Å². The van der Waals surface area contributed by atoms with Gasteiger partial charge in [-0.15, -0.1) is 0 Å². The number of para-hydroxylation sites is 1. The van der Waals surface area contributed by atoms with Crippen LogP contribution in [0.1, 0.15) is 31.4 Å². The van der Waals surface area contributed by atoms with Crippen LogP contribution in [0.25, 0.3) is 23.0 Å². The van der Waals surface area contributed by atoms with Crippen molar-refractivity contribution in [3.8, 4) is 28.8 Å². The minimum Gasteiger partial charge on any atom is -0.490 e. The van der Waals surface area contributed by atoms with Crippen LogP contribution in [0.2, 0.25) is 0 Å². The van der Waals surface area contributed by atoms with E-state index in [1.54, 1.807) is 23.8 Å². The third-order valence-corrected chi connectivity index (χ3v) is 6.16. The Kier molecular flexibility index (Phi) is 7.49. The summed E-state index contributed by atoms with van der Waals surface area (Å²) in [5, 5.41) is 14.5. The minimum atomic E-state index is -0.546. The Morgan fingerprint density at radius 3 is 2.51 bits per heavy atom. The smallest absolute Gasteiger partial charge is 0.271 e. The molecule has 0 atom stereocenters. The Hall–Kier alpha value is -4.70. The van der Waals surface area contributed by atoms with Gasteiger partial charge in [-0.1, -0.05) is 37.8 Å². The lowest BCUT2D eigenvalue weighted by Crippen LogP contribution is -2.43. The molecule has 0 fully saturated rings. The number of carbonyl (C=O) groups is 2. The van der Waals surface area contributed by atoms with E-state index in [-0.39, 0.29) is 12.1 Å². The van der Waals surface area contributed by atoms with Crippen molar-refractivity contribution >= 4 is 17.9 Å². The second-order valence-corrected chi connectivity index (χ2v) is 8.72. The van der Waals surface area contributed by atoms with Gasteiger partial charge >= 0.3 is 0 Å². The highest BCUT2D eigenvalue weighted by Gasteiger charge is 2.35. The fourth-order valence-corrected chi connectivity index (χ4v) is 4.27. The number of benzene rings is 2. The molecule has 1 aliphatic heterocycles. The number of hydrogen-bond acceptors (Lipinski definition) is 5. The summed E-state index contributed by atoms with van der Waals surface area (Å²) in [5.74, 6) is -0.237. The molecule has 37 heavy (non-hydrogen) atoms. The van der Waals surface area contributed by atoms with Gasteiger partial charge in [0.2, 0.25) is 0 Å². The van der Waals surface area contributed by atoms with E-state index in [0.29, 0.717) is 35.4 Å². The SMILES string of the molecule is C=CCOc1ccc(-c2nn(-c3ccccc3)cc2/C=C2/C(=O)N(CCC)C(=O)C(C#N)=C2C)c(C)c1. The summed E-state index contributed by atoms with van der Waals surface area (Å²) in [5.41, 5.74) is 4.70. The molecule has 2 amide bonds. The summed E-state index contributed by atoms with van der Waals surface area (Å²) in [6.07, 6.45) is 5.87. The second-order valence-electron chi connectivity index (χ2n) is 8.72. The van der Waals surface area contributed by atoms with Gasteiger partial charge in [-0.2, -0.15) is 10.4 Å². The van der Waals surface area contributed by atoms with Crippen molar-refractivity contribution in [2.45, 2.75) is 27.2 Å². The van der Waals surface area contributed by atoms with E-state index >= 15 is 0 Å². The molecule has 0 spiro atoms. The molecule has 7 heteroatoms. The molecule has 0 saturated heterocycles. The van der Waals surface area contributed by atoms with E-state index in [1.807, 2.05) is 74.6 Å². The van der Waals surface area contributed by atoms with E-state index in [1.165, 1.54) is 0 Å². The lowest BCUT2D eigenvalue weighted by molar-refractivity contribution is -0.140. The molecule has 0 N–H and O–H groups in total. The monoisotopic (exact) mass is 492 g/mol. The zero-order valence-corrected chi connectivity index (χ0v) is 21.2. The van der Waals surface area contributed by atoms with E-state index in [0.717, 1.165) is 27.5 Å². The fourth-order valence-electron chi connectivity index (χ4n) is 4.27. The number of nitrogens with zero attached hydrogens (tertiary/aromatic N) is 4. The highest BCUT2D eigenvalue weighted by Crippen LogP contribution is 2.33. The lowest BCUT2D eigenvalue weighted by atomic mass is 9.92. The predicted molar refractivity (Wildman–Crippen MR) is 143 cm³/mol. The number of imide groups is 1. The molecule has 0 bridgehead atoms. The third kappa shape index (κ3) is 5.00. The van der Waals surface area contributed by atoms with Gasteiger partial charge in [0.05, 0.1) is 5.69 Å². The zero-order chi connectivity index (χ0) is 26.5. The van der Waals surface area contributed by atoms with Crippen LogP contribution in [0.3, 0.4) is 0 Å². The number of nitriles is 1. The maximum absolute atomic E-state index is 13.4. The van der Waals surface area contributed by atoms with Gasteiger partial charge in [0, 0.05) is 29.4 Å². The zero-order valence-electron chi connectivity index (χ0n) is 21.2. The first kappa shape index (κ1) is 25.4. The molecule has 0 radical (unpaired) electrons. The van der Waals surface area contributed by atoms with E-state index < -0.39 is 11.8 Å². The molecule has 3 aromatic rings. The predicted octanol–water partition coefficient (Wildman–Crippen LogP) is 5.41. The van der Waals surface area contributed by atoms with Gasteiger partial charge in [0.1, 0.15) is 29.7 Å². The summed E-state index contributed by atoms with van der Waals surface area (Å²) in [4.78, 5) is 27.3. The second kappa shape index (κ2) is 10.9. The van der Waals surface area contributed by atoms with Gasteiger partial charge in [0.25, 0.3) is 11.8 Å². The lowest BCUT2D eigenvalue weighted by Gasteiger charge is -2.27. The molecule has 1 aromatic heterocycles. The maximum Gasteiger partial charge on any atom is 0.271 e. The largest absolute Gasteiger partial charge is 0.490 e. The normalized spacial score (nSPS) is 14.8. The van der Waals surface area contributed by atoms with Crippen molar-refractivity contribution in [3.63, 3.8) is 0 Å². The van der Waals surface area contributed by atoms with Gasteiger partial charge in [-0.3, -0.25) is 14.5 Å². The van der Waals surface area contributed by atoms with Crippen LogP contribution in [0.5, 0.6) is 5.75 Å². The third-order valence-electron chi connectivity index (χ3n) is 6.16. The fraction of sp³-hybridized carbons (Fsp3) is 0.200. The highest BCUT2D eigenvalue weighted by molar-refractivity contribution is 6.19. The average Bonchev–Trinajstić information content (AvgIpc) is 3.32. The number of amides is 2. The summed E-state index contributed by atoms with van der Waals surface area (Å²) >= 11 is 0. The van der Waals surface area contributed by atoms with Crippen molar-refractivity contribution in [3.05, 3.63) is 95.2 Å². The molecule has 0 aliphatic carbocycles. The molecule has 2 heterocycles. The van der Waals surface area contributed by atoms with E-state index in [4.69, 9.17) is 9.84 Å². The minimum absolute atomic E-state index is 0.0174. The van der Waals surface area contributed by atoms with Crippen LogP contribution in [0.4, 0.5) is 0 Å². The van der Waals surface area contributed by atoms with Crippen LogP contribution in [-0.4, -0.2) is 39.6 Å². The molecule has 1 aliphatic rings. The van der Waals surface area contributed by atoms with Crippen LogP contribution >= 0.6 is 0 Å². The average molecular weight is 493 g/mol. The van der Waals surface area contributed by atoms with Crippen LogP contribution in [0.15, 0.2) is 84.1 Å².